The van der Waals surface area contributed by atoms with Crippen LogP contribution in [0.25, 0.3) is 0 Å². The molecule has 1 N–H and O–H groups in total. The highest BCUT2D eigenvalue weighted by Crippen LogP contribution is 2.33. The van der Waals surface area contributed by atoms with Crippen LogP contribution in [0.4, 0.5) is 9.18 Å². The van der Waals surface area contributed by atoms with E-state index in [4.69, 9.17) is 0 Å². The molecule has 2 saturated heterocycles. The molecule has 2 fully saturated rings. The van der Waals surface area contributed by atoms with Crippen LogP contribution in [0, 0.1) is 11.7 Å². The highest BCUT2D eigenvalue weighted by Gasteiger charge is 2.52. The SMILES string of the molecule is CC(C)[C@H]1C(=O)N([C@H](C)c2ccccc2)C[C@H]2N1C(=O)CN(C)N2C(=O)NCc1ccc(F)cc1. The summed E-state index contributed by atoms with van der Waals surface area (Å²) in [7, 11) is 1.69. The van der Waals surface area contributed by atoms with E-state index in [0.29, 0.717) is 0 Å². The van der Waals surface area contributed by atoms with Crippen molar-refractivity contribution in [2.24, 2.45) is 5.92 Å². The standard InChI is InChI=1S/C26H32FN5O3/c1-17(2)24-25(34)30(18(3)20-8-6-5-7-9-20)15-22-31(24)23(33)16-29(4)32(22)26(35)28-14-19-10-12-21(27)13-11-19/h5-13,17-18,22,24H,14-16H2,1-4H3,(H,28,35)/t18-,22+,24+/m1/s1. The van der Waals surface area contributed by atoms with Crippen LogP contribution in [0.1, 0.15) is 37.9 Å². The molecule has 186 valence electrons. The van der Waals surface area contributed by atoms with E-state index >= 15 is 0 Å². The van der Waals surface area contributed by atoms with Crippen molar-refractivity contribution in [3.8, 4) is 0 Å². The molecule has 4 rings (SSSR count). The molecule has 4 amide bonds. The van der Waals surface area contributed by atoms with Crippen molar-refractivity contribution < 1.29 is 18.8 Å². The molecular formula is C26H32FN5O3. The largest absolute Gasteiger partial charge is 0.334 e. The van der Waals surface area contributed by atoms with Gasteiger partial charge >= 0.3 is 6.03 Å². The molecule has 2 aliphatic heterocycles. The molecule has 0 saturated carbocycles. The second kappa shape index (κ2) is 10.0. The van der Waals surface area contributed by atoms with E-state index in [0.717, 1.165) is 11.1 Å². The van der Waals surface area contributed by atoms with Crippen LogP contribution < -0.4 is 5.32 Å². The van der Waals surface area contributed by atoms with Crippen LogP contribution in [0.5, 0.6) is 0 Å². The lowest BCUT2D eigenvalue weighted by Gasteiger charge is -2.56. The van der Waals surface area contributed by atoms with Crippen LogP contribution in [0.15, 0.2) is 54.6 Å². The van der Waals surface area contributed by atoms with Crippen LogP contribution in [-0.2, 0) is 16.1 Å². The first kappa shape index (κ1) is 24.7. The van der Waals surface area contributed by atoms with Gasteiger partial charge in [0.05, 0.1) is 19.1 Å². The lowest BCUT2D eigenvalue weighted by Crippen LogP contribution is -2.76. The number of amides is 4. The number of hydrazine groups is 1. The van der Waals surface area contributed by atoms with Gasteiger partial charge < -0.3 is 15.1 Å². The smallest absolute Gasteiger partial charge is 0.333 e. The summed E-state index contributed by atoms with van der Waals surface area (Å²) in [5, 5.41) is 6.00. The van der Waals surface area contributed by atoms with E-state index in [2.05, 4.69) is 5.32 Å². The van der Waals surface area contributed by atoms with Gasteiger partial charge in [-0.05, 0) is 36.1 Å². The molecule has 2 aromatic rings. The van der Waals surface area contributed by atoms with E-state index in [1.54, 1.807) is 34.0 Å². The molecule has 3 atom stereocenters. The number of piperazine rings is 1. The number of carbonyl (C=O) groups is 3. The van der Waals surface area contributed by atoms with Crippen LogP contribution in [-0.4, -0.2) is 70.0 Å². The molecule has 9 heteroatoms. The van der Waals surface area contributed by atoms with E-state index in [-0.39, 0.29) is 55.3 Å². The van der Waals surface area contributed by atoms with Gasteiger partial charge in [-0.1, -0.05) is 56.3 Å². The molecule has 0 radical (unpaired) electrons. The quantitative estimate of drug-likeness (QED) is 0.713. The fourth-order valence-corrected chi connectivity index (χ4v) is 4.94. The minimum atomic E-state index is -0.673. The Bertz CT molecular complexity index is 1080. The van der Waals surface area contributed by atoms with E-state index < -0.39 is 12.2 Å². The number of hydrogen-bond acceptors (Lipinski definition) is 4. The zero-order valence-corrected chi connectivity index (χ0v) is 20.5. The second-order valence-corrected chi connectivity index (χ2v) is 9.49. The fourth-order valence-electron chi connectivity index (χ4n) is 4.94. The first-order valence-electron chi connectivity index (χ1n) is 11.9. The van der Waals surface area contributed by atoms with E-state index in [1.807, 2.05) is 51.1 Å². The molecule has 35 heavy (non-hydrogen) atoms. The molecule has 2 heterocycles. The van der Waals surface area contributed by atoms with Gasteiger partial charge in [0.1, 0.15) is 18.0 Å². The zero-order valence-electron chi connectivity index (χ0n) is 20.5. The Hall–Kier alpha value is -3.46. The van der Waals surface area contributed by atoms with Crippen molar-refractivity contribution in [3.63, 3.8) is 0 Å². The Morgan fingerprint density at radius 3 is 2.34 bits per heavy atom. The third-order valence-electron chi connectivity index (χ3n) is 6.77. The number of hydrogen-bond donors (Lipinski definition) is 1. The summed E-state index contributed by atoms with van der Waals surface area (Å²) in [5.74, 6) is -0.771. The van der Waals surface area contributed by atoms with Gasteiger partial charge in [-0.25, -0.2) is 19.2 Å². The Kier molecular flexibility index (Phi) is 7.07. The third-order valence-corrected chi connectivity index (χ3v) is 6.77. The summed E-state index contributed by atoms with van der Waals surface area (Å²) in [6, 6.07) is 14.4. The monoisotopic (exact) mass is 481 g/mol. The van der Waals surface area contributed by atoms with Crippen molar-refractivity contribution in [2.75, 3.05) is 20.1 Å². The molecule has 0 aliphatic carbocycles. The zero-order chi connectivity index (χ0) is 25.3. The number of urea groups is 1. The van der Waals surface area contributed by atoms with Crippen molar-refractivity contribution in [3.05, 3.63) is 71.5 Å². The Morgan fingerprint density at radius 1 is 1.06 bits per heavy atom. The molecule has 0 bridgehead atoms. The summed E-state index contributed by atoms with van der Waals surface area (Å²) in [6.07, 6.45) is -0.647. The molecule has 0 unspecified atom stereocenters. The number of halogens is 1. The minimum absolute atomic E-state index is 0.00872. The number of fused-ring (bicyclic) bond motifs is 1. The normalized spacial score (nSPS) is 21.8. The highest BCUT2D eigenvalue weighted by atomic mass is 19.1. The number of nitrogens with one attached hydrogen (secondary N) is 1. The lowest BCUT2D eigenvalue weighted by molar-refractivity contribution is -0.192. The summed E-state index contributed by atoms with van der Waals surface area (Å²) in [4.78, 5) is 43.5. The second-order valence-electron chi connectivity index (χ2n) is 9.49. The lowest BCUT2D eigenvalue weighted by atomic mass is 9.94. The molecule has 0 aromatic heterocycles. The van der Waals surface area contributed by atoms with Gasteiger partial charge in [0.25, 0.3) is 0 Å². The van der Waals surface area contributed by atoms with Crippen molar-refractivity contribution in [2.45, 2.75) is 45.6 Å². The molecule has 8 nitrogen and oxygen atoms in total. The maximum Gasteiger partial charge on any atom is 0.334 e. The fraction of sp³-hybridized carbons (Fsp3) is 0.423. The van der Waals surface area contributed by atoms with Gasteiger partial charge in [0.2, 0.25) is 11.8 Å². The van der Waals surface area contributed by atoms with Gasteiger partial charge in [-0.3, -0.25) is 9.59 Å². The number of benzene rings is 2. The number of likely N-dealkylation sites (N-methyl/N-ethyl adjacent to an activating group) is 1. The maximum absolute atomic E-state index is 13.6. The average molecular weight is 482 g/mol. The average Bonchev–Trinajstić information content (AvgIpc) is 2.83. The highest BCUT2D eigenvalue weighted by molar-refractivity contribution is 5.91. The molecule has 0 spiro atoms. The topological polar surface area (TPSA) is 76.2 Å². The van der Waals surface area contributed by atoms with Crippen LogP contribution in [0.3, 0.4) is 0 Å². The Morgan fingerprint density at radius 2 is 1.71 bits per heavy atom. The van der Waals surface area contributed by atoms with Gasteiger partial charge in [0.15, 0.2) is 0 Å². The Labute approximate surface area is 205 Å². The molecule has 2 aliphatic rings. The third kappa shape index (κ3) is 4.86. The van der Waals surface area contributed by atoms with E-state index in [1.165, 1.54) is 17.1 Å². The van der Waals surface area contributed by atoms with Crippen molar-refractivity contribution in [1.82, 2.24) is 25.1 Å². The van der Waals surface area contributed by atoms with Crippen LogP contribution >= 0.6 is 0 Å². The van der Waals surface area contributed by atoms with Crippen molar-refractivity contribution in [1.29, 1.82) is 0 Å². The minimum Gasteiger partial charge on any atom is -0.333 e. The van der Waals surface area contributed by atoms with Crippen molar-refractivity contribution >= 4 is 17.8 Å². The van der Waals surface area contributed by atoms with Gasteiger partial charge in [-0.15, -0.1) is 0 Å². The summed E-state index contributed by atoms with van der Waals surface area (Å²) in [5.41, 5.74) is 1.74. The first-order chi connectivity index (χ1) is 16.7. The summed E-state index contributed by atoms with van der Waals surface area (Å²) in [6.45, 7) is 6.19. The summed E-state index contributed by atoms with van der Waals surface area (Å²) < 4.78 is 13.2. The molecular weight excluding hydrogens is 449 g/mol. The Balaban J connectivity index is 1.63. The van der Waals surface area contributed by atoms with Gasteiger partial charge in [0, 0.05) is 13.6 Å². The first-order valence-corrected chi connectivity index (χ1v) is 11.9. The van der Waals surface area contributed by atoms with Gasteiger partial charge in [-0.2, -0.15) is 0 Å². The van der Waals surface area contributed by atoms with E-state index in [9.17, 15) is 18.8 Å². The summed E-state index contributed by atoms with van der Waals surface area (Å²) >= 11 is 0. The number of carbonyl (C=O) groups excluding carboxylic acids is 3. The number of nitrogens with zero attached hydrogens (tertiary/aromatic N) is 4. The van der Waals surface area contributed by atoms with Crippen LogP contribution in [0.2, 0.25) is 0 Å². The predicted molar refractivity (Wildman–Crippen MR) is 129 cm³/mol. The maximum atomic E-state index is 13.6. The molecule has 2 aromatic carbocycles. The number of rotatable bonds is 5. The predicted octanol–water partition coefficient (Wildman–Crippen LogP) is 2.98.